The molecule has 0 bridgehead atoms. The Hall–Kier alpha value is -8.92. The van der Waals surface area contributed by atoms with Crippen molar-refractivity contribution in [3.8, 4) is 33.4 Å². The van der Waals surface area contributed by atoms with Crippen molar-refractivity contribution in [2.75, 3.05) is 9.80 Å². The van der Waals surface area contributed by atoms with E-state index in [1.54, 1.807) is 0 Å². The first kappa shape index (κ1) is 38.4. The first-order valence-electron chi connectivity index (χ1n) is 23.4. The van der Waals surface area contributed by atoms with Gasteiger partial charge >= 0.3 is 0 Å². The summed E-state index contributed by atoms with van der Waals surface area (Å²) in [6, 6.07) is 93.1. The summed E-state index contributed by atoms with van der Waals surface area (Å²) in [5, 5.41) is 4.55. The molecule has 1 unspecified atom stereocenters. The molecule has 1 spiro atoms. The molecule has 68 heavy (non-hydrogen) atoms. The lowest BCUT2D eigenvalue weighted by Gasteiger charge is -2.33. The third-order valence-electron chi connectivity index (χ3n) is 14.4. The zero-order valence-corrected chi connectivity index (χ0v) is 37.1. The minimum absolute atomic E-state index is 0.619. The van der Waals surface area contributed by atoms with Crippen molar-refractivity contribution >= 4 is 66.8 Å². The van der Waals surface area contributed by atoms with E-state index in [2.05, 4.69) is 265 Å². The second-order valence-corrected chi connectivity index (χ2v) is 18.0. The number of hydrogen-bond acceptors (Lipinski definition) is 3. The normalized spacial score (nSPS) is 14.2. The Labute approximate surface area is 395 Å². The molecule has 0 radical (unpaired) electrons. The average molecular weight is 867 g/mol. The summed E-state index contributed by atoms with van der Waals surface area (Å²) < 4.78 is 6.93. The molecular weight excluding hydrogens is 825 g/mol. The van der Waals surface area contributed by atoms with Crippen LogP contribution in [0.15, 0.2) is 259 Å². The van der Waals surface area contributed by atoms with Crippen molar-refractivity contribution in [2.24, 2.45) is 0 Å². The summed E-state index contributed by atoms with van der Waals surface area (Å²) >= 11 is 0. The summed E-state index contributed by atoms with van der Waals surface area (Å²) in [6.07, 6.45) is 0. The third kappa shape index (κ3) is 5.60. The van der Waals surface area contributed by atoms with Crippen molar-refractivity contribution in [1.29, 1.82) is 0 Å². The van der Waals surface area contributed by atoms with Gasteiger partial charge in [0.2, 0.25) is 0 Å². The fraction of sp³-hybridized carbons (Fsp3) is 0.0154. The van der Waals surface area contributed by atoms with Gasteiger partial charge in [-0.1, -0.05) is 182 Å². The molecule has 3 heteroatoms. The zero-order valence-electron chi connectivity index (χ0n) is 37.1. The van der Waals surface area contributed by atoms with Crippen LogP contribution in [0.3, 0.4) is 0 Å². The van der Waals surface area contributed by atoms with E-state index < -0.39 is 5.41 Å². The van der Waals surface area contributed by atoms with Crippen molar-refractivity contribution in [2.45, 2.75) is 5.41 Å². The van der Waals surface area contributed by atoms with E-state index in [0.717, 1.165) is 67.2 Å². The van der Waals surface area contributed by atoms with Crippen molar-refractivity contribution in [3.63, 3.8) is 0 Å². The molecule has 2 aliphatic rings. The van der Waals surface area contributed by atoms with Gasteiger partial charge in [-0.05, 0) is 134 Å². The summed E-state index contributed by atoms with van der Waals surface area (Å²) in [5.74, 6) is 0. The SMILES string of the molecule is c1ccc(-c2cc3ccccc3cc2N(c2ccc3c(c2)C2(c4ccccc4-c4ccc(N(c5ccccc5)c5ccccc5)cc42)c2ccccc2-3)c2cccc3c2oc2ccccc23)cc1. The van der Waals surface area contributed by atoms with Gasteiger partial charge < -0.3 is 14.2 Å². The Morgan fingerprint density at radius 2 is 0.794 bits per heavy atom. The Balaban J connectivity index is 1.07. The van der Waals surface area contributed by atoms with Crippen LogP contribution in [0.5, 0.6) is 0 Å². The first-order chi connectivity index (χ1) is 33.7. The van der Waals surface area contributed by atoms with E-state index in [1.807, 2.05) is 0 Å². The molecule has 1 aromatic heterocycles. The highest BCUT2D eigenvalue weighted by atomic mass is 16.3. The van der Waals surface area contributed by atoms with Gasteiger partial charge in [0.05, 0.1) is 16.8 Å². The van der Waals surface area contributed by atoms with Gasteiger partial charge in [-0.15, -0.1) is 0 Å². The van der Waals surface area contributed by atoms with Crippen molar-refractivity contribution < 1.29 is 4.42 Å². The molecule has 0 amide bonds. The molecule has 318 valence electrons. The molecule has 12 aromatic rings. The topological polar surface area (TPSA) is 19.6 Å². The zero-order chi connectivity index (χ0) is 44.8. The number of rotatable bonds is 7. The lowest BCUT2D eigenvalue weighted by atomic mass is 9.70. The van der Waals surface area contributed by atoms with E-state index in [-0.39, 0.29) is 0 Å². The molecule has 2 aliphatic carbocycles. The summed E-state index contributed by atoms with van der Waals surface area (Å²) in [4.78, 5) is 4.84. The highest BCUT2D eigenvalue weighted by molar-refractivity contribution is 6.11. The first-order valence-corrected chi connectivity index (χ1v) is 23.4. The fourth-order valence-corrected chi connectivity index (χ4v) is 11.6. The Morgan fingerprint density at radius 1 is 0.294 bits per heavy atom. The van der Waals surface area contributed by atoms with Crippen LogP contribution in [0.4, 0.5) is 34.1 Å². The van der Waals surface area contributed by atoms with Crippen LogP contribution in [-0.4, -0.2) is 0 Å². The van der Waals surface area contributed by atoms with Gasteiger partial charge in [0.1, 0.15) is 5.58 Å². The van der Waals surface area contributed by atoms with Crippen molar-refractivity contribution in [3.05, 3.63) is 277 Å². The molecule has 0 N–H and O–H groups in total. The smallest absolute Gasteiger partial charge is 0.159 e. The van der Waals surface area contributed by atoms with Gasteiger partial charge in [0.25, 0.3) is 0 Å². The molecule has 0 saturated heterocycles. The largest absolute Gasteiger partial charge is 0.454 e. The maximum atomic E-state index is 6.93. The molecule has 14 rings (SSSR count). The summed E-state index contributed by atoms with van der Waals surface area (Å²) in [5.41, 5.74) is 19.9. The van der Waals surface area contributed by atoms with Crippen LogP contribution in [0.1, 0.15) is 22.3 Å². The van der Waals surface area contributed by atoms with Gasteiger partial charge in [-0.25, -0.2) is 0 Å². The lowest BCUT2D eigenvalue weighted by Crippen LogP contribution is -2.26. The summed E-state index contributed by atoms with van der Waals surface area (Å²) in [6.45, 7) is 0. The maximum Gasteiger partial charge on any atom is 0.159 e. The number of furan rings is 1. The summed E-state index contributed by atoms with van der Waals surface area (Å²) in [7, 11) is 0. The number of nitrogens with zero attached hydrogens (tertiary/aromatic N) is 2. The quantitative estimate of drug-likeness (QED) is 0.159. The van der Waals surface area contributed by atoms with Gasteiger partial charge in [0, 0.05) is 39.1 Å². The predicted molar refractivity (Wildman–Crippen MR) is 282 cm³/mol. The monoisotopic (exact) mass is 866 g/mol. The Kier molecular flexibility index (Phi) is 8.50. The van der Waals surface area contributed by atoms with Crippen LogP contribution in [0.25, 0.3) is 66.1 Å². The number of anilines is 6. The lowest BCUT2D eigenvalue weighted by molar-refractivity contribution is 0.669. The minimum Gasteiger partial charge on any atom is -0.454 e. The number of fused-ring (bicyclic) bond motifs is 14. The predicted octanol–water partition coefficient (Wildman–Crippen LogP) is 17.7. The van der Waals surface area contributed by atoms with E-state index >= 15 is 0 Å². The standard InChI is InChI=1S/C65H42N2O/c1-4-19-43(20-5-1)56-39-44-21-10-11-22-45(44)40-62(56)67(61-33-18-30-55-54-29-14-17-34-63(54)68-64(55)61)49-36-38-53-51-28-13-16-32-58(51)65(60(53)42-49)57-31-15-12-27-50(57)52-37-35-48(41-59(52)65)66(46-23-6-2-7-24-46)47-25-8-3-9-26-47/h1-42H. The second-order valence-electron chi connectivity index (χ2n) is 18.0. The van der Waals surface area contributed by atoms with E-state index in [1.165, 1.54) is 55.3 Å². The Morgan fingerprint density at radius 3 is 1.44 bits per heavy atom. The molecule has 11 aromatic carbocycles. The van der Waals surface area contributed by atoms with Crippen molar-refractivity contribution in [1.82, 2.24) is 0 Å². The van der Waals surface area contributed by atoms with E-state index in [9.17, 15) is 0 Å². The highest BCUT2D eigenvalue weighted by Crippen LogP contribution is 2.64. The molecule has 3 nitrogen and oxygen atoms in total. The van der Waals surface area contributed by atoms with E-state index in [4.69, 9.17) is 4.42 Å². The second kappa shape index (κ2) is 15.1. The number of hydrogen-bond donors (Lipinski definition) is 0. The maximum absolute atomic E-state index is 6.93. The van der Waals surface area contributed by atoms with Gasteiger partial charge in [0.15, 0.2) is 5.58 Å². The van der Waals surface area contributed by atoms with Gasteiger partial charge in [-0.3, -0.25) is 0 Å². The molecule has 1 atom stereocenters. The fourth-order valence-electron chi connectivity index (χ4n) is 11.6. The van der Waals surface area contributed by atoms with Gasteiger partial charge in [-0.2, -0.15) is 0 Å². The number of para-hydroxylation sites is 4. The van der Waals surface area contributed by atoms with Crippen LogP contribution in [-0.2, 0) is 5.41 Å². The number of benzene rings is 11. The van der Waals surface area contributed by atoms with E-state index in [0.29, 0.717) is 0 Å². The Bertz CT molecular complexity index is 3880. The minimum atomic E-state index is -0.619. The van der Waals surface area contributed by atoms with Crippen LogP contribution < -0.4 is 9.80 Å². The van der Waals surface area contributed by atoms with Crippen LogP contribution in [0.2, 0.25) is 0 Å². The third-order valence-corrected chi connectivity index (χ3v) is 14.4. The van der Waals surface area contributed by atoms with Crippen LogP contribution >= 0.6 is 0 Å². The molecule has 0 saturated carbocycles. The highest BCUT2D eigenvalue weighted by Gasteiger charge is 2.52. The molecule has 0 aliphatic heterocycles. The average Bonchev–Trinajstić information content (AvgIpc) is 4.04. The molecule has 0 fully saturated rings. The molecular formula is C65H42N2O. The molecule has 1 heterocycles. The van der Waals surface area contributed by atoms with Crippen LogP contribution in [0, 0.1) is 0 Å².